The molecule has 1 aromatic carbocycles. The number of carbonyl (C=O) groups excluding carboxylic acids is 1. The molecule has 5 rings (SSSR count). The Bertz CT molecular complexity index is 1120. The molecule has 1 saturated carbocycles. The Morgan fingerprint density at radius 2 is 2.23 bits per heavy atom. The number of halogens is 1. The van der Waals surface area contributed by atoms with Crippen molar-refractivity contribution < 1.29 is 14.3 Å². The second-order valence-corrected chi connectivity index (χ2v) is 9.44. The van der Waals surface area contributed by atoms with Gasteiger partial charge in [-0.25, -0.2) is 9.37 Å². The van der Waals surface area contributed by atoms with Gasteiger partial charge in [-0.1, -0.05) is 18.3 Å². The van der Waals surface area contributed by atoms with E-state index in [1.807, 2.05) is 17.9 Å². The predicted octanol–water partition coefficient (Wildman–Crippen LogP) is 3.85. The zero-order valence-corrected chi connectivity index (χ0v) is 17.7. The van der Waals surface area contributed by atoms with Crippen molar-refractivity contribution in [3.8, 4) is 0 Å². The number of thiazole rings is 1. The number of rotatable bonds is 5. The summed E-state index contributed by atoms with van der Waals surface area (Å²) in [5.41, 5.74) is 2.47. The molecule has 1 aliphatic carbocycles. The van der Waals surface area contributed by atoms with Gasteiger partial charge in [-0.05, 0) is 49.4 Å². The highest BCUT2D eigenvalue weighted by atomic mass is 32.1. The van der Waals surface area contributed by atoms with Crippen LogP contribution < -0.4 is 5.32 Å². The molecule has 0 radical (unpaired) electrons. The van der Waals surface area contributed by atoms with Crippen molar-refractivity contribution in [2.75, 3.05) is 18.4 Å². The Morgan fingerprint density at radius 3 is 2.97 bits per heavy atom. The predicted molar refractivity (Wildman–Crippen MR) is 115 cm³/mol. The molecule has 2 aliphatic rings. The summed E-state index contributed by atoms with van der Waals surface area (Å²) in [5.74, 6) is -0.370. The minimum Gasteiger partial charge on any atom is -0.388 e. The first-order valence-electron chi connectivity index (χ1n) is 10.5. The number of nitrogens with one attached hydrogen (secondary N) is 2. The van der Waals surface area contributed by atoms with Crippen LogP contribution in [0.2, 0.25) is 0 Å². The Balaban J connectivity index is 1.32. The fraction of sp³-hybridized carbons (Fsp3) is 0.455. The first kappa shape index (κ1) is 19.5. The van der Waals surface area contributed by atoms with E-state index in [1.54, 1.807) is 11.3 Å². The van der Waals surface area contributed by atoms with E-state index in [0.29, 0.717) is 43.7 Å². The van der Waals surface area contributed by atoms with E-state index in [-0.39, 0.29) is 11.7 Å². The van der Waals surface area contributed by atoms with Gasteiger partial charge in [-0.15, -0.1) is 0 Å². The van der Waals surface area contributed by atoms with Crippen molar-refractivity contribution in [3.05, 3.63) is 45.8 Å². The number of fused-ring (bicyclic) bond motifs is 2. The normalized spacial score (nSPS) is 17.6. The van der Waals surface area contributed by atoms with Crippen LogP contribution in [-0.2, 0) is 19.4 Å². The van der Waals surface area contributed by atoms with Gasteiger partial charge in [0, 0.05) is 35.3 Å². The summed E-state index contributed by atoms with van der Waals surface area (Å²) in [6, 6.07) is 4.81. The van der Waals surface area contributed by atoms with Crippen molar-refractivity contribution >= 4 is 33.3 Å². The smallest absolute Gasteiger partial charge is 0.270 e. The summed E-state index contributed by atoms with van der Waals surface area (Å²) in [4.78, 5) is 23.8. The third-order valence-corrected chi connectivity index (χ3v) is 7.31. The number of aryl methyl sites for hydroxylation is 1. The lowest BCUT2D eigenvalue weighted by atomic mass is 9.80. The maximum Gasteiger partial charge on any atom is 0.270 e. The molecule has 158 valence electrons. The Morgan fingerprint density at radius 1 is 1.40 bits per heavy atom. The van der Waals surface area contributed by atoms with Crippen molar-refractivity contribution in [3.63, 3.8) is 0 Å². The number of hydrogen-bond acceptors (Lipinski definition) is 5. The Labute approximate surface area is 178 Å². The SMILES string of the molecule is CCc1cc(F)cc2[nH]c(C(=O)N3CCc4nc(NCC5(O)CCC5)sc4C3)cc12. The van der Waals surface area contributed by atoms with Crippen LogP contribution in [-0.4, -0.2) is 44.6 Å². The third-order valence-electron chi connectivity index (χ3n) is 6.27. The highest BCUT2D eigenvalue weighted by Gasteiger charge is 2.34. The van der Waals surface area contributed by atoms with Crippen LogP contribution in [0.25, 0.3) is 10.9 Å². The molecule has 1 fully saturated rings. The maximum atomic E-state index is 13.8. The molecule has 0 saturated heterocycles. The van der Waals surface area contributed by atoms with Gasteiger partial charge in [0.2, 0.25) is 0 Å². The van der Waals surface area contributed by atoms with E-state index in [9.17, 15) is 14.3 Å². The maximum absolute atomic E-state index is 13.8. The summed E-state index contributed by atoms with van der Waals surface area (Å²) in [6.45, 7) is 3.62. The zero-order chi connectivity index (χ0) is 20.9. The highest BCUT2D eigenvalue weighted by Crippen LogP contribution is 2.34. The molecule has 3 N–H and O–H groups in total. The van der Waals surface area contributed by atoms with Gasteiger partial charge >= 0.3 is 0 Å². The lowest BCUT2D eigenvalue weighted by Gasteiger charge is -2.36. The minimum absolute atomic E-state index is 0.0778. The van der Waals surface area contributed by atoms with E-state index >= 15 is 0 Å². The minimum atomic E-state index is -0.597. The zero-order valence-electron chi connectivity index (χ0n) is 16.9. The number of aromatic amines is 1. The second-order valence-electron chi connectivity index (χ2n) is 8.36. The number of anilines is 1. The van der Waals surface area contributed by atoms with Crippen LogP contribution in [0.15, 0.2) is 18.2 Å². The Hall–Kier alpha value is -2.45. The first-order valence-corrected chi connectivity index (χ1v) is 11.3. The van der Waals surface area contributed by atoms with Gasteiger partial charge in [-0.3, -0.25) is 4.79 Å². The molecule has 1 aliphatic heterocycles. The topological polar surface area (TPSA) is 81.2 Å². The van der Waals surface area contributed by atoms with Crippen molar-refractivity contribution in [2.45, 2.75) is 51.2 Å². The number of aliphatic hydroxyl groups is 1. The van der Waals surface area contributed by atoms with Gasteiger partial charge < -0.3 is 20.3 Å². The van der Waals surface area contributed by atoms with Gasteiger partial charge in [0.15, 0.2) is 5.13 Å². The highest BCUT2D eigenvalue weighted by molar-refractivity contribution is 7.15. The first-order chi connectivity index (χ1) is 14.4. The average Bonchev–Trinajstić information content (AvgIpc) is 3.32. The number of benzene rings is 1. The van der Waals surface area contributed by atoms with Gasteiger partial charge in [0.25, 0.3) is 5.91 Å². The molecule has 0 atom stereocenters. The summed E-state index contributed by atoms with van der Waals surface area (Å²) in [5, 5.41) is 15.2. The van der Waals surface area contributed by atoms with Crippen LogP contribution in [0.3, 0.4) is 0 Å². The second kappa shape index (κ2) is 7.35. The van der Waals surface area contributed by atoms with Crippen molar-refractivity contribution in [2.24, 2.45) is 0 Å². The molecule has 0 spiro atoms. The molecule has 6 nitrogen and oxygen atoms in total. The van der Waals surface area contributed by atoms with E-state index in [1.165, 1.54) is 12.1 Å². The van der Waals surface area contributed by atoms with Gasteiger partial charge in [-0.2, -0.15) is 0 Å². The summed E-state index contributed by atoms with van der Waals surface area (Å²) < 4.78 is 13.8. The van der Waals surface area contributed by atoms with Gasteiger partial charge in [0.05, 0.1) is 17.8 Å². The molecule has 3 heterocycles. The van der Waals surface area contributed by atoms with Crippen LogP contribution >= 0.6 is 11.3 Å². The molecule has 0 unspecified atom stereocenters. The number of amides is 1. The van der Waals surface area contributed by atoms with Crippen molar-refractivity contribution in [1.29, 1.82) is 0 Å². The number of nitrogens with zero attached hydrogens (tertiary/aromatic N) is 2. The quantitative estimate of drug-likeness (QED) is 0.577. The molecular weight excluding hydrogens is 403 g/mol. The van der Waals surface area contributed by atoms with Crippen molar-refractivity contribution in [1.82, 2.24) is 14.9 Å². The van der Waals surface area contributed by atoms with E-state index in [0.717, 1.165) is 45.9 Å². The number of H-pyrrole nitrogens is 1. The van der Waals surface area contributed by atoms with Gasteiger partial charge in [0.1, 0.15) is 11.5 Å². The van der Waals surface area contributed by atoms with Crippen LogP contribution in [0.5, 0.6) is 0 Å². The summed E-state index contributed by atoms with van der Waals surface area (Å²) in [6.07, 6.45) is 4.16. The largest absolute Gasteiger partial charge is 0.388 e. The van der Waals surface area contributed by atoms with E-state index < -0.39 is 5.60 Å². The molecule has 1 amide bonds. The van der Waals surface area contributed by atoms with Crippen LogP contribution in [0, 0.1) is 5.82 Å². The number of carbonyl (C=O) groups is 1. The third kappa shape index (κ3) is 3.48. The molecule has 30 heavy (non-hydrogen) atoms. The molecule has 8 heteroatoms. The summed E-state index contributed by atoms with van der Waals surface area (Å²) >= 11 is 1.55. The average molecular weight is 429 g/mol. The van der Waals surface area contributed by atoms with Crippen LogP contribution in [0.1, 0.15) is 52.8 Å². The lowest BCUT2D eigenvalue weighted by molar-refractivity contribution is -0.0202. The lowest BCUT2D eigenvalue weighted by Crippen LogP contribution is -2.43. The molecular formula is C22H25FN4O2S. The number of aromatic nitrogens is 2. The van der Waals surface area contributed by atoms with Crippen LogP contribution in [0.4, 0.5) is 9.52 Å². The van der Waals surface area contributed by atoms with E-state index in [2.05, 4.69) is 15.3 Å². The fourth-order valence-corrected chi connectivity index (χ4v) is 5.32. The standard InChI is InChI=1S/C22H25FN4O2S/c1-2-13-8-14(23)9-17-15(13)10-18(25-17)20(28)27-7-4-16-19(11-27)30-21(26-16)24-12-22(29)5-3-6-22/h8-10,25,29H,2-7,11-12H2,1H3,(H,24,26). The molecule has 2 aromatic heterocycles. The van der Waals surface area contributed by atoms with E-state index in [4.69, 9.17) is 0 Å². The molecule has 0 bridgehead atoms. The summed E-state index contributed by atoms with van der Waals surface area (Å²) in [7, 11) is 0. The number of hydrogen-bond donors (Lipinski definition) is 3. The Kier molecular flexibility index (Phi) is 4.78. The molecule has 3 aromatic rings. The fourth-order valence-electron chi connectivity index (χ4n) is 4.30. The monoisotopic (exact) mass is 428 g/mol.